The molecule has 3 fully saturated rings. The van der Waals surface area contributed by atoms with Crippen LogP contribution in [0.15, 0.2) is 35.5 Å². The molecule has 13 N–H and O–H groups in total. The first-order valence-electron chi connectivity index (χ1n) is 19.6. The maximum atomic E-state index is 13.8. The molecule has 0 amide bonds. The predicted molar refractivity (Wildman–Crippen MR) is 221 cm³/mol. The largest absolute Gasteiger partial charge is 0.472 e. The number of aromatic nitrogens is 12. The number of rotatable bonds is 16. The minimum atomic E-state index is -5.52. The van der Waals surface area contributed by atoms with Gasteiger partial charge in [-0.15, -0.1) is 0 Å². The normalized spacial score (nSPS) is 29.8. The summed E-state index contributed by atoms with van der Waals surface area (Å²) < 4.78 is 69.2. The van der Waals surface area contributed by atoms with E-state index in [4.69, 9.17) is 55.0 Å². The Balaban J connectivity index is 0.957. The molecule has 6 aromatic heterocycles. The van der Waals surface area contributed by atoms with Crippen LogP contribution in [0.3, 0.4) is 0 Å². The number of aliphatic hydroxyl groups is 5. The third-order valence-corrected chi connectivity index (χ3v) is 12.8. The van der Waals surface area contributed by atoms with Crippen LogP contribution in [0, 0.1) is 0 Å². The van der Waals surface area contributed by atoms with E-state index in [1.165, 1.54) is 10.9 Å². The van der Waals surface area contributed by atoms with Crippen molar-refractivity contribution in [3.05, 3.63) is 46.2 Å². The number of fused-ring (bicyclic) bond motifs is 3. The van der Waals surface area contributed by atoms with E-state index < -0.39 is 121 Å². The van der Waals surface area contributed by atoms with E-state index in [2.05, 4.69) is 64.9 Å². The highest BCUT2D eigenvalue weighted by Gasteiger charge is 2.54. The Morgan fingerprint density at radius 1 is 0.623 bits per heavy atom. The van der Waals surface area contributed by atoms with E-state index >= 15 is 0 Å². The van der Waals surface area contributed by atoms with E-state index in [-0.39, 0.29) is 50.9 Å². The van der Waals surface area contributed by atoms with Gasteiger partial charge < -0.3 is 66.7 Å². The summed E-state index contributed by atoms with van der Waals surface area (Å²) in [6.45, 7) is -2.87. The topological polar surface area (TPSA) is 547 Å². The minimum absolute atomic E-state index is 0.0309. The number of phosphoric acid groups is 2. The first kappa shape index (κ1) is 47.6. The van der Waals surface area contributed by atoms with Crippen LogP contribution in [0.2, 0.25) is 0 Å². The molecular weight excluding hydrogens is 972 g/mol. The third kappa shape index (κ3) is 8.69. The summed E-state index contributed by atoms with van der Waals surface area (Å²) >= 11 is 0. The van der Waals surface area contributed by atoms with Crippen LogP contribution in [0.1, 0.15) is 18.7 Å². The lowest BCUT2D eigenvalue weighted by Gasteiger charge is -2.25. The Kier molecular flexibility index (Phi) is 12.8. The number of hydrogen-bond donors (Lipinski definition) is 10. The molecule has 366 valence electrons. The Hall–Kier alpha value is -6.43. The molecule has 0 aliphatic carbocycles. The van der Waals surface area contributed by atoms with Gasteiger partial charge in [-0.2, -0.15) is 0 Å². The van der Waals surface area contributed by atoms with Gasteiger partial charge >= 0.3 is 15.6 Å². The van der Waals surface area contributed by atoms with Crippen molar-refractivity contribution in [2.45, 2.75) is 73.6 Å². The standard InChI is InChI=1S/C30H35N21O16P2/c31-20-11-23(39-4-36-20)49(7-42-11)27-18(15(54)8(1-52)63-27)66-68(57,58)62-3-10-16(55)19(28(65-10)51-25-13(22(33)38-6-41-25)44-30(51)46-48-35)67-69(59,60)61-2-9-14(53)17(56)26(64-9)50-24-12(21(32)37-5-40-24)43-29(50)45-47-34/h4-10,14-19,26-28,52-56H,1-3H2,(H,57,58)(H,59,60)(H2,31,36,39)(H2,32,37,40)(H2,33,38,41)/t8-,9-,10-,14-,15-,16-,17-,18-,19-,26-,27-,28-/m1/s1. The van der Waals surface area contributed by atoms with Crippen molar-refractivity contribution in [1.82, 2.24) is 58.6 Å². The smallest absolute Gasteiger partial charge is 0.394 e. The molecule has 6 aromatic rings. The maximum absolute atomic E-state index is 13.8. The average molecular weight is 1010 g/mol. The number of imidazole rings is 3. The van der Waals surface area contributed by atoms with Crippen LogP contribution in [0.4, 0.5) is 29.4 Å². The van der Waals surface area contributed by atoms with Gasteiger partial charge in [0.1, 0.15) is 79.4 Å². The van der Waals surface area contributed by atoms with Gasteiger partial charge in [0.2, 0.25) is 11.9 Å². The number of nitrogens with zero attached hydrogens (tertiary/aromatic N) is 18. The van der Waals surface area contributed by atoms with E-state index in [9.17, 15) is 50.0 Å². The second kappa shape index (κ2) is 18.5. The highest BCUT2D eigenvalue weighted by Crippen LogP contribution is 2.53. The van der Waals surface area contributed by atoms with Crippen molar-refractivity contribution in [3.8, 4) is 0 Å². The van der Waals surface area contributed by atoms with Gasteiger partial charge in [-0.25, -0.2) is 54.0 Å². The number of nitrogen functional groups attached to an aromatic ring is 3. The molecule has 37 nitrogen and oxygen atoms in total. The van der Waals surface area contributed by atoms with Crippen LogP contribution in [0.5, 0.6) is 0 Å². The Labute approximate surface area is 380 Å². The number of azide groups is 2. The monoisotopic (exact) mass is 1010 g/mol. The first-order chi connectivity index (χ1) is 32.9. The number of phosphoric ester groups is 2. The molecule has 2 unspecified atom stereocenters. The molecule has 0 radical (unpaired) electrons. The fraction of sp³-hybridized carbons (Fsp3) is 0.500. The molecule has 3 aliphatic heterocycles. The number of nitrogens with two attached hydrogens (primary N) is 3. The van der Waals surface area contributed by atoms with Gasteiger partial charge in [-0.3, -0.25) is 31.8 Å². The van der Waals surface area contributed by atoms with Crippen LogP contribution < -0.4 is 17.2 Å². The second-order valence-corrected chi connectivity index (χ2v) is 17.7. The molecule has 69 heavy (non-hydrogen) atoms. The van der Waals surface area contributed by atoms with Crippen LogP contribution in [-0.2, 0) is 41.4 Å². The summed E-state index contributed by atoms with van der Waals surface area (Å²) in [6, 6.07) is 0. The van der Waals surface area contributed by atoms with Gasteiger partial charge in [-0.1, -0.05) is 0 Å². The third-order valence-electron chi connectivity index (χ3n) is 10.9. The van der Waals surface area contributed by atoms with Crippen LogP contribution in [0.25, 0.3) is 54.4 Å². The Bertz CT molecular complexity index is 3130. The average Bonchev–Trinajstić information content (AvgIpc) is 4.16. The molecule has 14 atom stereocenters. The molecule has 3 aliphatic rings. The highest BCUT2D eigenvalue weighted by molar-refractivity contribution is 7.47. The number of aliphatic hydroxyl groups excluding tert-OH is 5. The number of ether oxygens (including phenoxy) is 3. The zero-order chi connectivity index (χ0) is 49.1. The maximum Gasteiger partial charge on any atom is 0.472 e. The lowest BCUT2D eigenvalue weighted by Crippen LogP contribution is -2.37. The summed E-state index contributed by atoms with van der Waals surface area (Å²) in [6.07, 6.45) is -17.0. The second-order valence-electron chi connectivity index (χ2n) is 14.9. The molecule has 3 saturated heterocycles. The Morgan fingerprint density at radius 3 is 1.61 bits per heavy atom. The van der Waals surface area contributed by atoms with Crippen molar-refractivity contribution < 1.29 is 76.8 Å². The van der Waals surface area contributed by atoms with Gasteiger partial charge in [-0.05, 0) is 21.3 Å². The SMILES string of the molecule is [N-]=[N+]=Nc1nc2c(N)ncnc2n1[C@@H]1O[C@H](COP(=O)(O)O[C@@H]2[C@H](O)[C@@H](COP(=O)(O)O[C@@H]3[C@H](O)[C@@H](CO)O[C@H]3n3cnc4c(N)ncnc43)O[C@H]2n2c(N=[N+]=[N-])nc3c(N)ncnc32)[C@@H](O)[C@H]1O. The number of hydrogen-bond acceptors (Lipinski definition) is 28. The summed E-state index contributed by atoms with van der Waals surface area (Å²) in [5, 5.41) is 61.5. The van der Waals surface area contributed by atoms with Gasteiger partial charge in [0.25, 0.3) is 0 Å². The molecule has 0 aromatic carbocycles. The van der Waals surface area contributed by atoms with Crippen molar-refractivity contribution >= 4 is 78.5 Å². The quantitative estimate of drug-likeness (QED) is 0.0223. The lowest BCUT2D eigenvalue weighted by molar-refractivity contribution is -0.0639. The van der Waals surface area contributed by atoms with Crippen molar-refractivity contribution in [1.29, 1.82) is 0 Å². The molecule has 9 heterocycles. The zero-order valence-corrected chi connectivity index (χ0v) is 36.1. The van der Waals surface area contributed by atoms with Crippen molar-refractivity contribution in [3.63, 3.8) is 0 Å². The highest BCUT2D eigenvalue weighted by atomic mass is 31.2. The predicted octanol–water partition coefficient (Wildman–Crippen LogP) is -1.73. The van der Waals surface area contributed by atoms with E-state index in [1.807, 2.05) is 0 Å². The first-order valence-corrected chi connectivity index (χ1v) is 22.6. The summed E-state index contributed by atoms with van der Waals surface area (Å²) in [5.74, 6) is -1.37. The molecule has 39 heteroatoms. The minimum Gasteiger partial charge on any atom is -0.394 e. The van der Waals surface area contributed by atoms with Gasteiger partial charge in [0.15, 0.2) is 64.1 Å². The molecule has 0 spiro atoms. The molecule has 0 bridgehead atoms. The van der Waals surface area contributed by atoms with Crippen LogP contribution >= 0.6 is 15.6 Å². The van der Waals surface area contributed by atoms with Gasteiger partial charge in [0.05, 0.1) is 26.1 Å². The van der Waals surface area contributed by atoms with Crippen molar-refractivity contribution in [2.24, 2.45) is 10.2 Å². The number of anilines is 3. The molecule has 9 rings (SSSR count). The fourth-order valence-corrected chi connectivity index (χ4v) is 9.61. The van der Waals surface area contributed by atoms with Crippen molar-refractivity contribution in [2.75, 3.05) is 37.0 Å². The zero-order valence-electron chi connectivity index (χ0n) is 34.3. The molecular formula is C30H35N21O16P2. The van der Waals surface area contributed by atoms with E-state index in [0.717, 1.165) is 28.1 Å². The molecule has 0 saturated carbocycles. The van der Waals surface area contributed by atoms with Crippen LogP contribution in [-0.4, -0.2) is 169 Å². The van der Waals surface area contributed by atoms with E-state index in [0.29, 0.717) is 0 Å². The van der Waals surface area contributed by atoms with E-state index in [1.54, 1.807) is 0 Å². The summed E-state index contributed by atoms with van der Waals surface area (Å²) in [7, 11) is -10.9. The summed E-state index contributed by atoms with van der Waals surface area (Å²) in [4.78, 5) is 63.5. The van der Waals surface area contributed by atoms with Gasteiger partial charge in [0, 0.05) is 9.82 Å². The fourth-order valence-electron chi connectivity index (χ4n) is 7.74. The Morgan fingerprint density at radius 2 is 1.07 bits per heavy atom. The lowest BCUT2D eigenvalue weighted by atomic mass is 10.1. The summed E-state index contributed by atoms with van der Waals surface area (Å²) in [5.41, 5.74) is 35.9.